The van der Waals surface area contributed by atoms with E-state index in [0.29, 0.717) is 32.3 Å². The lowest BCUT2D eigenvalue weighted by atomic mass is 10.00. The summed E-state index contributed by atoms with van der Waals surface area (Å²) in [5.74, 6) is -0.372. The average Bonchev–Trinajstić information content (AvgIpc) is 2.21. The zero-order chi connectivity index (χ0) is 12.2. The van der Waals surface area contributed by atoms with Gasteiger partial charge in [0.05, 0.1) is 12.1 Å². The lowest BCUT2D eigenvalue weighted by molar-refractivity contribution is -0.152. The molecule has 0 aliphatic carbocycles. The first-order valence-corrected chi connectivity index (χ1v) is 5.51. The Labute approximate surface area is 95.4 Å². The number of piperidine rings is 1. The van der Waals surface area contributed by atoms with Crippen LogP contribution >= 0.6 is 0 Å². The first kappa shape index (κ1) is 13.1. The van der Waals surface area contributed by atoms with Gasteiger partial charge in [0.25, 0.3) is 0 Å². The Morgan fingerprint density at radius 1 is 1.38 bits per heavy atom. The Morgan fingerprint density at radius 3 is 2.44 bits per heavy atom. The van der Waals surface area contributed by atoms with E-state index in [2.05, 4.69) is 0 Å². The monoisotopic (exact) mass is 229 g/mol. The number of rotatable bonds is 5. The third-order valence-electron chi connectivity index (χ3n) is 2.73. The summed E-state index contributed by atoms with van der Waals surface area (Å²) in [5, 5.41) is 10.0. The van der Waals surface area contributed by atoms with Crippen LogP contribution in [0.1, 0.15) is 32.6 Å². The van der Waals surface area contributed by atoms with Crippen molar-refractivity contribution in [1.29, 1.82) is 0 Å². The number of β-amino-alcohol motifs (C(OH)–C–C–N with tert-alkyl or cyclic N) is 1. The van der Waals surface area contributed by atoms with Gasteiger partial charge in [-0.25, -0.2) is 0 Å². The van der Waals surface area contributed by atoms with Crippen molar-refractivity contribution in [3.05, 3.63) is 0 Å². The fourth-order valence-electron chi connectivity index (χ4n) is 1.72. The number of nitrogens with zero attached hydrogens (tertiary/aromatic N) is 1. The summed E-state index contributed by atoms with van der Waals surface area (Å²) in [6.07, 6.45) is 1.81. The third-order valence-corrected chi connectivity index (χ3v) is 2.73. The van der Waals surface area contributed by atoms with E-state index in [0.717, 1.165) is 0 Å². The van der Waals surface area contributed by atoms with Crippen molar-refractivity contribution < 1.29 is 19.4 Å². The zero-order valence-electron chi connectivity index (χ0n) is 9.86. The van der Waals surface area contributed by atoms with Crippen LogP contribution in [0, 0.1) is 0 Å². The number of hydrogen-bond acceptors (Lipinski definition) is 4. The van der Waals surface area contributed by atoms with Gasteiger partial charge < -0.3 is 9.84 Å². The van der Waals surface area contributed by atoms with E-state index in [-0.39, 0.29) is 18.4 Å². The van der Waals surface area contributed by atoms with E-state index in [4.69, 9.17) is 4.74 Å². The second kappa shape index (κ2) is 5.41. The highest BCUT2D eigenvalue weighted by molar-refractivity contribution is 5.97. The quantitative estimate of drug-likeness (QED) is 0.689. The number of carbonyl (C=O) groups excluding carboxylic acids is 2. The molecule has 0 radical (unpaired) electrons. The smallest absolute Gasteiger partial charge is 0.229 e. The SMILES string of the molecule is COCCC(C)(O)CN1C(=O)CCCC1=O. The number of amides is 2. The number of likely N-dealkylation sites (tertiary alicyclic amines) is 1. The topological polar surface area (TPSA) is 66.8 Å². The maximum atomic E-state index is 11.5. The van der Waals surface area contributed by atoms with Crippen LogP contribution in [-0.2, 0) is 14.3 Å². The summed E-state index contributed by atoms with van der Waals surface area (Å²) in [6, 6.07) is 0. The van der Waals surface area contributed by atoms with E-state index in [1.54, 1.807) is 14.0 Å². The predicted octanol–water partition coefficient (Wildman–Crippen LogP) is 0.313. The van der Waals surface area contributed by atoms with Crippen LogP contribution in [-0.4, -0.2) is 47.7 Å². The molecule has 1 atom stereocenters. The van der Waals surface area contributed by atoms with Gasteiger partial charge >= 0.3 is 0 Å². The number of methoxy groups -OCH3 is 1. The molecule has 0 bridgehead atoms. The van der Waals surface area contributed by atoms with Crippen LogP contribution in [0.15, 0.2) is 0 Å². The fraction of sp³-hybridized carbons (Fsp3) is 0.818. The Balaban J connectivity index is 2.56. The molecule has 16 heavy (non-hydrogen) atoms. The molecular formula is C11H19NO4. The van der Waals surface area contributed by atoms with Crippen LogP contribution in [0.4, 0.5) is 0 Å². The van der Waals surface area contributed by atoms with E-state index >= 15 is 0 Å². The normalized spacial score (nSPS) is 21.1. The van der Waals surface area contributed by atoms with Crippen LogP contribution in [0.2, 0.25) is 0 Å². The van der Waals surface area contributed by atoms with Gasteiger partial charge in [0.2, 0.25) is 11.8 Å². The molecule has 1 saturated heterocycles. The van der Waals surface area contributed by atoms with Crippen molar-refractivity contribution in [2.45, 2.75) is 38.2 Å². The van der Waals surface area contributed by atoms with Gasteiger partial charge in [-0.1, -0.05) is 0 Å². The van der Waals surface area contributed by atoms with Crippen LogP contribution in [0.25, 0.3) is 0 Å². The first-order chi connectivity index (χ1) is 7.46. The van der Waals surface area contributed by atoms with E-state index < -0.39 is 5.60 Å². The van der Waals surface area contributed by atoms with E-state index in [1.807, 2.05) is 0 Å². The van der Waals surface area contributed by atoms with Gasteiger partial charge in [0.1, 0.15) is 0 Å². The Bertz CT molecular complexity index is 259. The Morgan fingerprint density at radius 2 is 1.94 bits per heavy atom. The molecule has 1 heterocycles. The molecule has 0 aromatic rings. The van der Waals surface area contributed by atoms with Crippen molar-refractivity contribution in [2.24, 2.45) is 0 Å². The van der Waals surface area contributed by atoms with Gasteiger partial charge in [0.15, 0.2) is 0 Å². The van der Waals surface area contributed by atoms with Gasteiger partial charge in [-0.15, -0.1) is 0 Å². The summed E-state index contributed by atoms with van der Waals surface area (Å²) in [6.45, 7) is 2.08. The maximum absolute atomic E-state index is 11.5. The minimum absolute atomic E-state index is 0.0635. The van der Waals surface area contributed by atoms with Gasteiger partial charge in [-0.3, -0.25) is 14.5 Å². The second-order valence-corrected chi connectivity index (χ2v) is 4.47. The number of aliphatic hydroxyl groups is 1. The largest absolute Gasteiger partial charge is 0.388 e. The lowest BCUT2D eigenvalue weighted by Gasteiger charge is -2.32. The molecule has 1 aliphatic heterocycles. The van der Waals surface area contributed by atoms with Gasteiger partial charge in [-0.05, 0) is 13.3 Å². The molecule has 1 rings (SSSR count). The second-order valence-electron chi connectivity index (χ2n) is 4.47. The molecule has 1 unspecified atom stereocenters. The van der Waals surface area contributed by atoms with Crippen molar-refractivity contribution in [1.82, 2.24) is 4.90 Å². The minimum Gasteiger partial charge on any atom is -0.388 e. The molecule has 0 aromatic carbocycles. The summed E-state index contributed by atoms with van der Waals surface area (Å²) in [7, 11) is 1.55. The van der Waals surface area contributed by atoms with Crippen LogP contribution in [0.3, 0.4) is 0 Å². The van der Waals surface area contributed by atoms with Crippen molar-refractivity contribution >= 4 is 11.8 Å². The predicted molar refractivity (Wildman–Crippen MR) is 57.7 cm³/mol. The first-order valence-electron chi connectivity index (χ1n) is 5.51. The standard InChI is InChI=1S/C11H19NO4/c1-11(15,6-7-16-2)8-12-9(13)4-3-5-10(12)14/h15H,3-8H2,1-2H3. The molecule has 5 heteroatoms. The van der Waals surface area contributed by atoms with Crippen molar-refractivity contribution in [3.63, 3.8) is 0 Å². The molecular weight excluding hydrogens is 210 g/mol. The van der Waals surface area contributed by atoms with Crippen molar-refractivity contribution in [2.75, 3.05) is 20.3 Å². The average molecular weight is 229 g/mol. The molecule has 2 amide bonds. The molecule has 1 N–H and O–H groups in total. The molecule has 1 aliphatic rings. The van der Waals surface area contributed by atoms with Crippen LogP contribution in [0.5, 0.6) is 0 Å². The number of hydrogen-bond donors (Lipinski definition) is 1. The Hall–Kier alpha value is -0.940. The van der Waals surface area contributed by atoms with Crippen LogP contribution < -0.4 is 0 Å². The van der Waals surface area contributed by atoms with Gasteiger partial charge in [0, 0.05) is 33.0 Å². The highest BCUT2D eigenvalue weighted by Crippen LogP contribution is 2.18. The highest BCUT2D eigenvalue weighted by Gasteiger charge is 2.32. The summed E-state index contributed by atoms with van der Waals surface area (Å²) in [4.78, 5) is 24.2. The Kier molecular flexibility index (Phi) is 4.44. The lowest BCUT2D eigenvalue weighted by Crippen LogP contribution is -2.49. The molecule has 0 saturated carbocycles. The molecule has 1 fully saturated rings. The van der Waals surface area contributed by atoms with E-state index in [9.17, 15) is 14.7 Å². The zero-order valence-corrected chi connectivity index (χ0v) is 9.86. The third kappa shape index (κ3) is 3.57. The van der Waals surface area contributed by atoms with Gasteiger partial charge in [-0.2, -0.15) is 0 Å². The highest BCUT2D eigenvalue weighted by atomic mass is 16.5. The van der Waals surface area contributed by atoms with Crippen molar-refractivity contribution in [3.8, 4) is 0 Å². The molecule has 0 aromatic heterocycles. The summed E-state index contributed by atoms with van der Waals surface area (Å²) in [5.41, 5.74) is -1.07. The molecule has 92 valence electrons. The fourth-order valence-corrected chi connectivity index (χ4v) is 1.72. The number of imide groups is 1. The summed E-state index contributed by atoms with van der Waals surface area (Å²) >= 11 is 0. The minimum atomic E-state index is -1.07. The number of carbonyl (C=O) groups is 2. The maximum Gasteiger partial charge on any atom is 0.229 e. The number of ether oxygens (including phenoxy) is 1. The molecule has 0 spiro atoms. The summed E-state index contributed by atoms with van der Waals surface area (Å²) < 4.78 is 4.87. The van der Waals surface area contributed by atoms with E-state index in [1.165, 1.54) is 4.90 Å². The molecule has 5 nitrogen and oxygen atoms in total.